The number of thioether (sulfide) groups is 1. The number of amides is 1. The summed E-state index contributed by atoms with van der Waals surface area (Å²) in [4.78, 5) is 36.3. The molecule has 0 radical (unpaired) electrons. The average Bonchev–Trinajstić information content (AvgIpc) is 2.59. The number of fused-ring (bicyclic) bond motifs is 1. The first-order valence-electron chi connectivity index (χ1n) is 7.41. The van der Waals surface area contributed by atoms with E-state index in [1.54, 1.807) is 30.3 Å². The minimum absolute atomic E-state index is 0.183. The van der Waals surface area contributed by atoms with Crippen molar-refractivity contribution in [2.24, 2.45) is 5.73 Å². The second-order valence-electron chi connectivity index (χ2n) is 5.58. The largest absolute Gasteiger partial charge is 0.477 e. The summed E-state index contributed by atoms with van der Waals surface area (Å²) >= 11 is 1.27. The quantitative estimate of drug-likeness (QED) is 0.441. The second-order valence-corrected chi connectivity index (χ2v) is 6.65. The van der Waals surface area contributed by atoms with E-state index in [0.717, 1.165) is 4.90 Å². The molecule has 1 fully saturated rings. The summed E-state index contributed by atoms with van der Waals surface area (Å²) in [6.07, 6.45) is 0. The Morgan fingerprint density at radius 1 is 1.40 bits per heavy atom. The number of carbonyl (C=O) groups is 3. The van der Waals surface area contributed by atoms with Gasteiger partial charge in [-0.3, -0.25) is 20.2 Å². The topological polar surface area (TPSA) is 119 Å². The third-order valence-corrected chi connectivity index (χ3v) is 5.22. The van der Waals surface area contributed by atoms with E-state index in [1.165, 1.54) is 18.7 Å². The van der Waals surface area contributed by atoms with Crippen molar-refractivity contribution in [1.82, 2.24) is 4.90 Å². The Balaban J connectivity index is 1.86. The monoisotopic (exact) mass is 364 g/mol. The minimum Gasteiger partial charge on any atom is -0.477 e. The van der Waals surface area contributed by atoms with Crippen molar-refractivity contribution in [3.63, 3.8) is 0 Å². The molecule has 1 amide bonds. The lowest BCUT2D eigenvalue weighted by Gasteiger charge is -2.54. The number of para-hydroxylation sites is 1. The number of benzene rings is 1. The molecule has 3 N–H and O–H groups in total. The third-order valence-electron chi connectivity index (χ3n) is 3.83. The van der Waals surface area contributed by atoms with Crippen molar-refractivity contribution < 1.29 is 29.0 Å². The smallest absolute Gasteiger partial charge is 0.352 e. The standard InChI is InChI=1S/C16H16N2O6S/c1-9(19)23-7-10-8-25-15-16(17,24-11-5-3-2-4-6-11)14(22)18(15)12(10)13(20)21/h2-6,15H,7-8,17H2,1H3,(H,20,21)/t15-,16-/m1/s1. The van der Waals surface area contributed by atoms with Gasteiger partial charge in [-0.05, 0) is 12.1 Å². The molecule has 0 aromatic heterocycles. The van der Waals surface area contributed by atoms with Gasteiger partial charge >= 0.3 is 11.9 Å². The van der Waals surface area contributed by atoms with Gasteiger partial charge in [0.15, 0.2) is 0 Å². The van der Waals surface area contributed by atoms with E-state index in [9.17, 15) is 19.5 Å². The number of aliphatic carboxylic acids is 1. The highest BCUT2D eigenvalue weighted by molar-refractivity contribution is 8.00. The summed E-state index contributed by atoms with van der Waals surface area (Å²) in [5.41, 5.74) is 4.63. The lowest BCUT2D eigenvalue weighted by atomic mass is 9.99. The molecule has 2 aliphatic rings. The fourth-order valence-electron chi connectivity index (χ4n) is 2.69. The van der Waals surface area contributed by atoms with Gasteiger partial charge in [-0.15, -0.1) is 11.8 Å². The van der Waals surface area contributed by atoms with Gasteiger partial charge in [0.2, 0.25) is 0 Å². The summed E-state index contributed by atoms with van der Waals surface area (Å²) in [5.74, 6) is -1.76. The van der Waals surface area contributed by atoms with E-state index in [1.807, 2.05) is 0 Å². The van der Waals surface area contributed by atoms with E-state index in [4.69, 9.17) is 15.2 Å². The van der Waals surface area contributed by atoms with Crippen LogP contribution >= 0.6 is 11.8 Å². The van der Waals surface area contributed by atoms with Crippen molar-refractivity contribution in [2.45, 2.75) is 18.0 Å². The number of ether oxygens (including phenoxy) is 2. The fourth-order valence-corrected chi connectivity index (χ4v) is 4.02. The molecule has 0 spiro atoms. The molecule has 3 rings (SSSR count). The first-order chi connectivity index (χ1) is 11.8. The Morgan fingerprint density at radius 3 is 2.68 bits per heavy atom. The van der Waals surface area contributed by atoms with Gasteiger partial charge in [0, 0.05) is 18.2 Å². The fraction of sp³-hybridized carbons (Fsp3) is 0.312. The van der Waals surface area contributed by atoms with Gasteiger partial charge in [0.05, 0.1) is 0 Å². The van der Waals surface area contributed by atoms with E-state index < -0.39 is 28.9 Å². The van der Waals surface area contributed by atoms with Gasteiger partial charge in [0.25, 0.3) is 11.6 Å². The number of nitrogens with two attached hydrogens (primary N) is 1. The lowest BCUT2D eigenvalue weighted by molar-refractivity contribution is -0.172. The Hall–Kier alpha value is -2.52. The van der Waals surface area contributed by atoms with Crippen molar-refractivity contribution in [1.29, 1.82) is 0 Å². The molecule has 2 aliphatic heterocycles. The Labute approximate surface area is 147 Å². The Bertz CT molecular complexity index is 765. The molecule has 25 heavy (non-hydrogen) atoms. The molecule has 0 aliphatic carbocycles. The van der Waals surface area contributed by atoms with Gasteiger partial charge in [-0.25, -0.2) is 4.79 Å². The SMILES string of the molecule is CC(=O)OCC1=C(C(=O)O)N2C(=O)[C@@](N)(Oc3ccccc3)[C@H]2SC1. The van der Waals surface area contributed by atoms with Crippen LogP contribution in [-0.4, -0.2) is 51.3 Å². The Kier molecular flexibility index (Phi) is 4.44. The van der Waals surface area contributed by atoms with Crippen LogP contribution < -0.4 is 10.5 Å². The van der Waals surface area contributed by atoms with Crippen LogP contribution in [0, 0.1) is 0 Å². The minimum atomic E-state index is -1.64. The van der Waals surface area contributed by atoms with Crippen LogP contribution in [0.25, 0.3) is 0 Å². The zero-order chi connectivity index (χ0) is 18.2. The molecule has 1 aromatic carbocycles. The van der Waals surface area contributed by atoms with Crippen LogP contribution in [0.5, 0.6) is 5.75 Å². The number of hydrogen-bond donors (Lipinski definition) is 2. The van der Waals surface area contributed by atoms with Crippen LogP contribution in [0.2, 0.25) is 0 Å². The van der Waals surface area contributed by atoms with Crippen molar-refractivity contribution in [3.8, 4) is 5.75 Å². The maximum absolute atomic E-state index is 12.6. The molecule has 0 bridgehead atoms. The van der Waals surface area contributed by atoms with Crippen molar-refractivity contribution in [2.75, 3.05) is 12.4 Å². The molecule has 1 saturated heterocycles. The zero-order valence-electron chi connectivity index (χ0n) is 13.3. The maximum atomic E-state index is 12.6. The van der Waals surface area contributed by atoms with Gasteiger partial charge in [0.1, 0.15) is 23.4 Å². The van der Waals surface area contributed by atoms with Crippen LogP contribution in [0.15, 0.2) is 41.6 Å². The predicted molar refractivity (Wildman–Crippen MR) is 88.4 cm³/mol. The normalized spacial score (nSPS) is 25.1. The van der Waals surface area contributed by atoms with Crippen LogP contribution in [-0.2, 0) is 19.1 Å². The van der Waals surface area contributed by atoms with Crippen LogP contribution in [0.3, 0.4) is 0 Å². The molecular weight excluding hydrogens is 348 g/mol. The number of carboxylic acid groups (broad SMARTS) is 1. The van der Waals surface area contributed by atoms with Gasteiger partial charge in [-0.1, -0.05) is 18.2 Å². The summed E-state index contributed by atoms with van der Waals surface area (Å²) in [5, 5.41) is 8.82. The predicted octanol–water partition coefficient (Wildman–Crippen LogP) is 0.537. The Morgan fingerprint density at radius 2 is 2.08 bits per heavy atom. The summed E-state index contributed by atoms with van der Waals surface area (Å²) in [6.45, 7) is 1.05. The molecule has 9 heteroatoms. The molecular formula is C16H16N2O6S. The number of nitrogens with zero attached hydrogens (tertiary/aromatic N) is 1. The van der Waals surface area contributed by atoms with E-state index in [2.05, 4.69) is 0 Å². The van der Waals surface area contributed by atoms with Crippen LogP contribution in [0.1, 0.15) is 6.92 Å². The number of esters is 1. The van der Waals surface area contributed by atoms with Gasteiger partial charge < -0.3 is 14.6 Å². The zero-order valence-corrected chi connectivity index (χ0v) is 14.1. The summed E-state index contributed by atoms with van der Waals surface area (Å²) in [6, 6.07) is 8.61. The van der Waals surface area contributed by atoms with Crippen molar-refractivity contribution in [3.05, 3.63) is 41.6 Å². The molecule has 2 heterocycles. The summed E-state index contributed by atoms with van der Waals surface area (Å²) in [7, 11) is 0. The molecule has 1 aromatic rings. The highest BCUT2D eigenvalue weighted by Gasteiger charge is 2.65. The number of carboxylic acids is 1. The number of carbonyl (C=O) groups excluding carboxylic acids is 2. The maximum Gasteiger partial charge on any atom is 0.352 e. The molecule has 132 valence electrons. The highest BCUT2D eigenvalue weighted by Crippen LogP contribution is 2.45. The highest BCUT2D eigenvalue weighted by atomic mass is 32.2. The van der Waals surface area contributed by atoms with E-state index in [-0.39, 0.29) is 18.1 Å². The first kappa shape index (κ1) is 17.3. The van der Waals surface area contributed by atoms with Crippen LogP contribution in [0.4, 0.5) is 0 Å². The second kappa shape index (κ2) is 6.41. The van der Waals surface area contributed by atoms with Gasteiger partial charge in [-0.2, -0.15) is 0 Å². The molecule has 0 saturated carbocycles. The average molecular weight is 364 g/mol. The number of rotatable bonds is 5. The number of hydrogen-bond acceptors (Lipinski definition) is 7. The van der Waals surface area contributed by atoms with E-state index in [0.29, 0.717) is 11.3 Å². The molecule has 8 nitrogen and oxygen atoms in total. The third kappa shape index (κ3) is 2.96. The lowest BCUT2D eigenvalue weighted by Crippen LogP contribution is -2.80. The number of β-lactam (4-membered cyclic amide) rings is 1. The van der Waals surface area contributed by atoms with Crippen molar-refractivity contribution >= 4 is 29.6 Å². The molecule has 0 unspecified atom stereocenters. The van der Waals surface area contributed by atoms with E-state index >= 15 is 0 Å². The molecule has 2 atom stereocenters. The first-order valence-corrected chi connectivity index (χ1v) is 8.46. The summed E-state index contributed by atoms with van der Waals surface area (Å²) < 4.78 is 10.5.